The van der Waals surface area contributed by atoms with Crippen LogP contribution in [0.5, 0.6) is 5.75 Å². The van der Waals surface area contributed by atoms with Gasteiger partial charge in [0, 0.05) is 5.56 Å². The number of rotatable bonds is 3. The van der Waals surface area contributed by atoms with E-state index < -0.39 is 41.6 Å². The highest BCUT2D eigenvalue weighted by Crippen LogP contribution is 2.38. The van der Waals surface area contributed by atoms with Gasteiger partial charge in [-0.2, -0.15) is 13.2 Å². The van der Waals surface area contributed by atoms with Crippen molar-refractivity contribution in [2.75, 3.05) is 6.61 Å². The van der Waals surface area contributed by atoms with Crippen molar-refractivity contribution >= 4 is 0 Å². The van der Waals surface area contributed by atoms with Crippen molar-refractivity contribution in [3.05, 3.63) is 29.3 Å². The van der Waals surface area contributed by atoms with Gasteiger partial charge in [0.15, 0.2) is 0 Å². The fourth-order valence-corrected chi connectivity index (χ4v) is 1.31. The van der Waals surface area contributed by atoms with Gasteiger partial charge >= 0.3 is 6.18 Å². The van der Waals surface area contributed by atoms with Crippen molar-refractivity contribution < 1.29 is 32.2 Å². The van der Waals surface area contributed by atoms with Crippen molar-refractivity contribution in [2.45, 2.75) is 18.1 Å². The number of benzene rings is 1. The molecule has 4 N–H and O–H groups in total. The number of phenolic OH excluding ortho intramolecular Hbond substituents is 1. The van der Waals surface area contributed by atoms with Crippen LogP contribution in [-0.2, 0) is 6.18 Å². The van der Waals surface area contributed by atoms with Crippen LogP contribution in [0.15, 0.2) is 18.2 Å². The molecule has 1 atom stereocenters. The maximum atomic E-state index is 13.1. The number of alkyl halides is 5. The van der Waals surface area contributed by atoms with Crippen LogP contribution in [0.4, 0.5) is 22.0 Å². The molecule has 3 nitrogen and oxygen atoms in total. The standard InChI is InChI=1S/C10H10F5NO2/c11-9(12,4-17)8(16)6-3-5(10(13,14)15)1-2-7(6)18/h1-3,8,17-18H,4,16H2/t8-/m0/s1. The summed E-state index contributed by atoms with van der Waals surface area (Å²) >= 11 is 0. The zero-order valence-electron chi connectivity index (χ0n) is 8.88. The third kappa shape index (κ3) is 2.88. The van der Waals surface area contributed by atoms with Crippen molar-refractivity contribution in [1.29, 1.82) is 0 Å². The Bertz CT molecular complexity index is 433. The molecule has 0 amide bonds. The molecule has 0 bridgehead atoms. The van der Waals surface area contributed by atoms with Gasteiger partial charge in [0.1, 0.15) is 18.4 Å². The molecule has 0 saturated carbocycles. The number of phenols is 1. The minimum atomic E-state index is -4.74. The summed E-state index contributed by atoms with van der Waals surface area (Å²) in [6.45, 7) is -1.64. The Hall–Kier alpha value is -1.41. The van der Waals surface area contributed by atoms with E-state index in [4.69, 9.17) is 10.8 Å². The molecule has 0 aliphatic rings. The molecule has 1 rings (SSSR count). The minimum absolute atomic E-state index is 0.337. The molecule has 0 spiro atoms. The van der Waals surface area contributed by atoms with Crippen molar-refractivity contribution in [1.82, 2.24) is 0 Å². The second-order valence-electron chi connectivity index (χ2n) is 3.67. The normalized spacial score (nSPS) is 14.6. The first-order valence-corrected chi connectivity index (χ1v) is 4.74. The summed E-state index contributed by atoms with van der Waals surface area (Å²) in [4.78, 5) is 0. The van der Waals surface area contributed by atoms with E-state index in [9.17, 15) is 27.1 Å². The average Bonchev–Trinajstić information content (AvgIpc) is 2.27. The molecule has 0 heterocycles. The van der Waals surface area contributed by atoms with Gasteiger partial charge in [0.2, 0.25) is 0 Å². The summed E-state index contributed by atoms with van der Waals surface area (Å²) in [5.74, 6) is -4.62. The van der Waals surface area contributed by atoms with Gasteiger partial charge in [-0.15, -0.1) is 0 Å². The zero-order chi connectivity index (χ0) is 14.1. The van der Waals surface area contributed by atoms with E-state index in [1.807, 2.05) is 0 Å². The Morgan fingerprint density at radius 1 is 1.17 bits per heavy atom. The Labute approximate surface area is 98.6 Å². The highest BCUT2D eigenvalue weighted by atomic mass is 19.4. The van der Waals surface area contributed by atoms with Gasteiger partial charge in [0.05, 0.1) is 5.56 Å². The molecule has 0 fully saturated rings. The van der Waals surface area contributed by atoms with Crippen molar-refractivity contribution in [2.24, 2.45) is 5.73 Å². The SMILES string of the molecule is N[C@@H](c1cc(C(F)(F)F)ccc1O)C(F)(F)CO. The summed E-state index contributed by atoms with van der Waals surface area (Å²) in [6.07, 6.45) is -4.74. The third-order valence-corrected chi connectivity index (χ3v) is 2.36. The lowest BCUT2D eigenvalue weighted by molar-refractivity contribution is -0.137. The Morgan fingerprint density at radius 2 is 1.72 bits per heavy atom. The highest BCUT2D eigenvalue weighted by molar-refractivity contribution is 5.40. The van der Waals surface area contributed by atoms with E-state index >= 15 is 0 Å². The fraction of sp³-hybridized carbons (Fsp3) is 0.400. The molecule has 1 aromatic carbocycles. The number of halogens is 5. The molecule has 0 aliphatic heterocycles. The van der Waals surface area contributed by atoms with Crippen LogP contribution in [0, 0.1) is 0 Å². The molecule has 0 aromatic heterocycles. The molecule has 0 radical (unpaired) electrons. The summed E-state index contributed by atoms with van der Waals surface area (Å²) in [5, 5.41) is 17.7. The quantitative estimate of drug-likeness (QED) is 0.737. The van der Waals surface area contributed by atoms with Crippen molar-refractivity contribution in [3.8, 4) is 5.75 Å². The molecule has 0 saturated heterocycles. The van der Waals surface area contributed by atoms with Crippen LogP contribution >= 0.6 is 0 Å². The van der Waals surface area contributed by atoms with Crippen LogP contribution in [0.2, 0.25) is 0 Å². The van der Waals surface area contributed by atoms with E-state index in [1.165, 1.54) is 0 Å². The lowest BCUT2D eigenvalue weighted by atomic mass is 9.98. The molecule has 0 unspecified atom stereocenters. The smallest absolute Gasteiger partial charge is 0.416 e. The monoisotopic (exact) mass is 271 g/mol. The minimum Gasteiger partial charge on any atom is -0.508 e. The predicted molar refractivity (Wildman–Crippen MR) is 52.1 cm³/mol. The van der Waals surface area contributed by atoms with Crippen LogP contribution in [0.1, 0.15) is 17.2 Å². The Kier molecular flexibility index (Phi) is 3.82. The third-order valence-electron chi connectivity index (χ3n) is 2.36. The van der Waals surface area contributed by atoms with E-state index in [1.54, 1.807) is 0 Å². The largest absolute Gasteiger partial charge is 0.508 e. The van der Waals surface area contributed by atoms with Crippen molar-refractivity contribution in [3.63, 3.8) is 0 Å². The highest BCUT2D eigenvalue weighted by Gasteiger charge is 2.40. The maximum absolute atomic E-state index is 13.1. The first-order chi connectivity index (χ1) is 8.09. The number of aliphatic hydroxyl groups excluding tert-OH is 1. The Morgan fingerprint density at radius 3 is 2.17 bits per heavy atom. The van der Waals surface area contributed by atoms with E-state index in [2.05, 4.69) is 0 Å². The second-order valence-corrected chi connectivity index (χ2v) is 3.67. The number of hydrogen-bond acceptors (Lipinski definition) is 3. The first kappa shape index (κ1) is 14.7. The van der Waals surface area contributed by atoms with Gasteiger partial charge < -0.3 is 15.9 Å². The van der Waals surface area contributed by atoms with Crippen LogP contribution in [0.3, 0.4) is 0 Å². The maximum Gasteiger partial charge on any atom is 0.416 e. The molecule has 102 valence electrons. The van der Waals surface area contributed by atoms with E-state index in [0.717, 1.165) is 0 Å². The fourth-order valence-electron chi connectivity index (χ4n) is 1.31. The number of aliphatic hydroxyl groups is 1. The van der Waals surface area contributed by atoms with Crippen LogP contribution in [-0.4, -0.2) is 22.7 Å². The summed E-state index contributed by atoms with van der Waals surface area (Å²) in [5.41, 5.74) is 3.08. The molecule has 8 heteroatoms. The van der Waals surface area contributed by atoms with Crippen LogP contribution in [0.25, 0.3) is 0 Å². The summed E-state index contributed by atoms with van der Waals surface area (Å²) < 4.78 is 63.3. The number of hydrogen-bond donors (Lipinski definition) is 3. The van der Waals surface area contributed by atoms with Gasteiger partial charge in [-0.25, -0.2) is 8.78 Å². The first-order valence-electron chi connectivity index (χ1n) is 4.74. The summed E-state index contributed by atoms with van der Waals surface area (Å²) in [6, 6.07) is -0.720. The van der Waals surface area contributed by atoms with Crippen LogP contribution < -0.4 is 5.73 Å². The van der Waals surface area contributed by atoms with Gasteiger partial charge in [0.25, 0.3) is 5.92 Å². The lowest BCUT2D eigenvalue weighted by Gasteiger charge is -2.23. The summed E-state index contributed by atoms with van der Waals surface area (Å²) in [7, 11) is 0. The topological polar surface area (TPSA) is 66.5 Å². The van der Waals surface area contributed by atoms with Gasteiger partial charge in [-0.3, -0.25) is 0 Å². The molecule has 0 aliphatic carbocycles. The van der Waals surface area contributed by atoms with E-state index in [-0.39, 0.29) is 0 Å². The van der Waals surface area contributed by atoms with Gasteiger partial charge in [-0.1, -0.05) is 0 Å². The Balaban J connectivity index is 3.24. The molecular weight excluding hydrogens is 261 g/mol. The second kappa shape index (κ2) is 4.69. The number of aromatic hydroxyl groups is 1. The molecular formula is C10H10F5NO2. The predicted octanol–water partition coefficient (Wildman–Crippen LogP) is 2.04. The zero-order valence-corrected chi connectivity index (χ0v) is 8.88. The average molecular weight is 271 g/mol. The van der Waals surface area contributed by atoms with E-state index in [0.29, 0.717) is 18.2 Å². The number of nitrogens with two attached hydrogens (primary N) is 1. The lowest BCUT2D eigenvalue weighted by Crippen LogP contribution is -2.36. The molecule has 1 aromatic rings. The van der Waals surface area contributed by atoms with Gasteiger partial charge in [-0.05, 0) is 18.2 Å². The molecule has 18 heavy (non-hydrogen) atoms.